The van der Waals surface area contributed by atoms with Gasteiger partial charge in [-0.1, -0.05) is 47.5 Å². The molecule has 10 nitrogen and oxygen atoms in total. The Balaban J connectivity index is 1.25. The van der Waals surface area contributed by atoms with Gasteiger partial charge in [0.15, 0.2) is 11.6 Å². The van der Waals surface area contributed by atoms with Crippen LogP contribution in [0.3, 0.4) is 0 Å². The Morgan fingerprint density at radius 3 is 1.36 bits per heavy atom. The SMILES string of the molecule is Cc1ccc(NCC(=O)c2c(O)c3cc(Cc4ccc5oc(=O)c(C(=O)CNc6ccc(C)cc6)c(O)c5c4)ccc3oc2=O)cc1. The summed E-state index contributed by atoms with van der Waals surface area (Å²) in [5.41, 5.74) is 2.30. The molecule has 4 aromatic carbocycles. The lowest BCUT2D eigenvalue weighted by molar-refractivity contribution is 0.0991. The minimum absolute atomic E-state index is 0.111. The van der Waals surface area contributed by atoms with Gasteiger partial charge in [-0.25, -0.2) is 9.59 Å². The van der Waals surface area contributed by atoms with Crippen molar-refractivity contribution in [2.75, 3.05) is 23.7 Å². The molecule has 0 amide bonds. The minimum Gasteiger partial charge on any atom is -0.506 e. The van der Waals surface area contributed by atoms with Gasteiger partial charge in [0.1, 0.15) is 33.8 Å². The summed E-state index contributed by atoms with van der Waals surface area (Å²) >= 11 is 0. The lowest BCUT2D eigenvalue weighted by atomic mass is 9.99. The van der Waals surface area contributed by atoms with E-state index in [1.54, 1.807) is 48.5 Å². The van der Waals surface area contributed by atoms with Crippen molar-refractivity contribution in [1.29, 1.82) is 0 Å². The number of rotatable bonds is 10. The summed E-state index contributed by atoms with van der Waals surface area (Å²) in [6.07, 6.45) is 0.291. The maximum absolute atomic E-state index is 13.0. The molecule has 0 aliphatic rings. The van der Waals surface area contributed by atoms with Gasteiger partial charge in [0, 0.05) is 11.4 Å². The average Bonchev–Trinajstić information content (AvgIpc) is 3.05. The van der Waals surface area contributed by atoms with Crippen molar-refractivity contribution < 1.29 is 28.6 Å². The highest BCUT2D eigenvalue weighted by atomic mass is 16.4. The van der Waals surface area contributed by atoms with Crippen molar-refractivity contribution in [3.8, 4) is 11.5 Å². The predicted octanol–water partition coefficient (Wildman–Crippen LogP) is 6.11. The molecule has 6 aromatic rings. The standard InChI is InChI=1S/C37H30N2O8/c1-20-3-9-24(10-4-20)38-18-28(40)32-34(42)26-16-22(7-13-30(26)46-36(32)44)15-23-8-14-31-27(17-23)35(43)33(37(45)47-31)29(41)19-39-25-11-5-21(2)6-12-25/h3-14,16-17,38-39,42-43H,15,18-19H2,1-2H3. The fourth-order valence-corrected chi connectivity index (χ4v) is 5.30. The third kappa shape index (κ3) is 6.48. The lowest BCUT2D eigenvalue weighted by Crippen LogP contribution is -2.21. The molecule has 0 bridgehead atoms. The second-order valence-electron chi connectivity index (χ2n) is 11.3. The van der Waals surface area contributed by atoms with E-state index in [1.165, 1.54) is 12.1 Å². The van der Waals surface area contributed by atoms with Crippen LogP contribution in [0, 0.1) is 13.8 Å². The Bertz CT molecular complexity index is 2120. The molecule has 2 aromatic heterocycles. The highest BCUT2D eigenvalue weighted by molar-refractivity contribution is 6.05. The van der Waals surface area contributed by atoms with Crippen molar-refractivity contribution in [2.24, 2.45) is 0 Å². The number of nitrogens with one attached hydrogen (secondary N) is 2. The number of fused-ring (bicyclic) bond motifs is 2. The van der Waals surface area contributed by atoms with Crippen LogP contribution in [0.15, 0.2) is 103 Å². The normalized spacial score (nSPS) is 11.1. The first-order valence-electron chi connectivity index (χ1n) is 14.8. The zero-order valence-electron chi connectivity index (χ0n) is 25.5. The van der Waals surface area contributed by atoms with Gasteiger partial charge in [-0.05, 0) is 79.9 Å². The topological polar surface area (TPSA) is 159 Å². The van der Waals surface area contributed by atoms with Gasteiger partial charge >= 0.3 is 11.3 Å². The fourth-order valence-electron chi connectivity index (χ4n) is 5.30. The third-order valence-corrected chi connectivity index (χ3v) is 7.86. The minimum atomic E-state index is -0.940. The van der Waals surface area contributed by atoms with Gasteiger partial charge in [-0.2, -0.15) is 0 Å². The molecule has 0 atom stereocenters. The van der Waals surface area contributed by atoms with E-state index in [0.29, 0.717) is 28.9 Å². The smallest absolute Gasteiger partial charge is 0.351 e. The van der Waals surface area contributed by atoms with Crippen molar-refractivity contribution in [3.63, 3.8) is 0 Å². The van der Waals surface area contributed by atoms with Crippen molar-refractivity contribution >= 4 is 44.9 Å². The van der Waals surface area contributed by atoms with Gasteiger partial charge in [-0.15, -0.1) is 0 Å². The van der Waals surface area contributed by atoms with Crippen LogP contribution in [-0.2, 0) is 6.42 Å². The second-order valence-corrected chi connectivity index (χ2v) is 11.3. The van der Waals surface area contributed by atoms with Gasteiger partial charge in [0.25, 0.3) is 0 Å². The first-order valence-corrected chi connectivity index (χ1v) is 14.8. The van der Waals surface area contributed by atoms with Gasteiger partial charge in [0.2, 0.25) is 0 Å². The molecule has 0 aliphatic carbocycles. The van der Waals surface area contributed by atoms with Gasteiger partial charge in [0.05, 0.1) is 23.9 Å². The fraction of sp³-hybridized carbons (Fsp3) is 0.135. The van der Waals surface area contributed by atoms with Crippen molar-refractivity contribution in [3.05, 3.63) is 139 Å². The average molecular weight is 631 g/mol. The van der Waals surface area contributed by atoms with E-state index in [1.807, 2.05) is 38.1 Å². The molecular weight excluding hydrogens is 600 g/mol. The van der Waals surface area contributed by atoms with Crippen LogP contribution in [0.5, 0.6) is 11.5 Å². The summed E-state index contributed by atoms with van der Waals surface area (Å²) in [6.45, 7) is 3.43. The van der Waals surface area contributed by atoms with Crippen LogP contribution in [0.2, 0.25) is 0 Å². The Morgan fingerprint density at radius 1 is 0.596 bits per heavy atom. The molecule has 2 heterocycles. The van der Waals surface area contributed by atoms with E-state index in [2.05, 4.69) is 10.6 Å². The summed E-state index contributed by atoms with van der Waals surface area (Å²) in [6, 6.07) is 24.4. The number of ketones is 2. The number of carbonyl (C=O) groups excluding carboxylic acids is 2. The van der Waals surface area contributed by atoms with E-state index < -0.39 is 45.4 Å². The number of Topliss-reactive ketones (excluding diaryl/α,β-unsaturated/α-hetero) is 2. The van der Waals surface area contributed by atoms with Crippen LogP contribution in [0.4, 0.5) is 11.4 Å². The molecular formula is C37H30N2O8. The summed E-state index contributed by atoms with van der Waals surface area (Å²) in [5.74, 6) is -2.21. The molecule has 0 saturated heterocycles. The zero-order valence-corrected chi connectivity index (χ0v) is 25.5. The van der Waals surface area contributed by atoms with Crippen molar-refractivity contribution in [1.82, 2.24) is 0 Å². The maximum atomic E-state index is 13.0. The zero-order chi connectivity index (χ0) is 33.2. The van der Waals surface area contributed by atoms with Crippen LogP contribution in [0.1, 0.15) is 43.0 Å². The van der Waals surface area contributed by atoms with E-state index in [-0.39, 0.29) is 35.0 Å². The number of hydrogen-bond acceptors (Lipinski definition) is 10. The summed E-state index contributed by atoms with van der Waals surface area (Å²) < 4.78 is 10.7. The lowest BCUT2D eigenvalue weighted by Gasteiger charge is -2.10. The Hall–Kier alpha value is -6.16. The van der Waals surface area contributed by atoms with E-state index in [4.69, 9.17) is 8.83 Å². The molecule has 236 valence electrons. The summed E-state index contributed by atoms with van der Waals surface area (Å²) in [4.78, 5) is 51.2. The van der Waals surface area contributed by atoms with E-state index in [9.17, 15) is 29.4 Å². The van der Waals surface area contributed by atoms with Gasteiger partial charge in [-0.3, -0.25) is 9.59 Å². The molecule has 0 unspecified atom stereocenters. The maximum Gasteiger partial charge on any atom is 0.351 e. The first-order chi connectivity index (χ1) is 22.6. The summed E-state index contributed by atoms with van der Waals surface area (Å²) in [5, 5.41) is 28.3. The Kier molecular flexibility index (Phi) is 8.32. The monoisotopic (exact) mass is 630 g/mol. The molecule has 6 rings (SSSR count). The van der Waals surface area contributed by atoms with Crippen LogP contribution >= 0.6 is 0 Å². The molecule has 10 heteroatoms. The number of carbonyl (C=O) groups is 2. The van der Waals surface area contributed by atoms with E-state index in [0.717, 1.165) is 11.1 Å². The number of anilines is 2. The van der Waals surface area contributed by atoms with Gasteiger partial charge < -0.3 is 29.7 Å². The van der Waals surface area contributed by atoms with E-state index >= 15 is 0 Å². The second kappa shape index (κ2) is 12.7. The quantitative estimate of drug-likeness (QED) is 0.103. The predicted molar refractivity (Wildman–Crippen MR) is 179 cm³/mol. The first kappa shape index (κ1) is 30.8. The molecule has 0 aliphatic heterocycles. The summed E-state index contributed by atoms with van der Waals surface area (Å²) in [7, 11) is 0. The molecule has 0 saturated carbocycles. The number of benzene rings is 4. The molecule has 0 fully saturated rings. The third-order valence-electron chi connectivity index (χ3n) is 7.86. The molecule has 0 spiro atoms. The highest BCUT2D eigenvalue weighted by Crippen LogP contribution is 2.31. The van der Waals surface area contributed by atoms with Crippen molar-refractivity contribution in [2.45, 2.75) is 20.3 Å². The Labute approximate surface area is 267 Å². The van der Waals surface area contributed by atoms with Crippen LogP contribution in [0.25, 0.3) is 21.9 Å². The van der Waals surface area contributed by atoms with Crippen LogP contribution in [-0.4, -0.2) is 34.9 Å². The highest BCUT2D eigenvalue weighted by Gasteiger charge is 2.23. The number of aryl methyl sites for hydroxylation is 2. The molecule has 4 N–H and O–H groups in total. The Morgan fingerprint density at radius 2 is 0.979 bits per heavy atom. The number of hydrogen-bond donors (Lipinski definition) is 4. The molecule has 0 radical (unpaired) electrons. The number of aromatic hydroxyl groups is 2. The molecule has 47 heavy (non-hydrogen) atoms. The largest absolute Gasteiger partial charge is 0.506 e. The van der Waals surface area contributed by atoms with Crippen LogP contribution < -0.4 is 21.9 Å².